The molecule has 1 aromatic heterocycles. The highest BCUT2D eigenvalue weighted by Crippen LogP contribution is 2.47. The smallest absolute Gasteiger partial charge is 0.278 e. The first kappa shape index (κ1) is 21.8. The molecule has 33 heavy (non-hydrogen) atoms. The van der Waals surface area contributed by atoms with Crippen LogP contribution in [0.2, 0.25) is 5.02 Å². The van der Waals surface area contributed by atoms with Crippen molar-refractivity contribution in [2.45, 2.75) is 50.7 Å². The third-order valence-corrected chi connectivity index (χ3v) is 7.16. The van der Waals surface area contributed by atoms with Crippen molar-refractivity contribution in [2.24, 2.45) is 0 Å². The molecule has 0 radical (unpaired) electrons. The van der Waals surface area contributed by atoms with Gasteiger partial charge >= 0.3 is 0 Å². The molecule has 3 aliphatic rings. The summed E-state index contributed by atoms with van der Waals surface area (Å²) in [4.78, 5) is 40.8. The number of carbonyl (C=O) groups is 2. The van der Waals surface area contributed by atoms with Crippen LogP contribution in [0.5, 0.6) is 5.75 Å². The number of rotatable bonds is 4. The molecule has 0 spiro atoms. The molecule has 2 aromatic rings. The Balaban J connectivity index is 1.55. The number of benzene rings is 1. The molecule has 2 aliphatic heterocycles. The molecule has 1 saturated heterocycles. The number of hydrogen-bond acceptors (Lipinski definition) is 5. The van der Waals surface area contributed by atoms with Gasteiger partial charge in [0.05, 0.1) is 10.6 Å². The minimum Gasteiger partial charge on any atom is -0.502 e. The lowest BCUT2D eigenvalue weighted by atomic mass is 10.0. The molecule has 1 aliphatic carbocycles. The third-order valence-electron chi connectivity index (χ3n) is 6.86. The largest absolute Gasteiger partial charge is 0.502 e. The molecule has 2 amide bonds. The van der Waals surface area contributed by atoms with Gasteiger partial charge in [0.15, 0.2) is 11.4 Å². The minimum absolute atomic E-state index is 0.0466. The van der Waals surface area contributed by atoms with Crippen molar-refractivity contribution in [3.05, 3.63) is 62.3 Å². The highest BCUT2D eigenvalue weighted by Gasteiger charge is 2.48. The summed E-state index contributed by atoms with van der Waals surface area (Å²) in [6.45, 7) is 2.90. The van der Waals surface area contributed by atoms with E-state index < -0.39 is 34.3 Å². The minimum atomic E-state index is -0.961. The van der Waals surface area contributed by atoms with Crippen LogP contribution >= 0.6 is 11.6 Å². The first-order valence-electron chi connectivity index (χ1n) is 11.1. The van der Waals surface area contributed by atoms with Crippen molar-refractivity contribution in [1.29, 1.82) is 0 Å². The van der Waals surface area contributed by atoms with Crippen LogP contribution in [0.1, 0.15) is 65.4 Å². The standard InChI is InChI=1S/C23H24ClFN4O4/c1-2-27-16-8-3-4-11-28(16)29-12-13(19(30)20(31)18(29)22(27)33)21(32)26-23(9-10-23)14-6-5-7-15(24)17(14)25/h5-7,12,16,31H,2-4,8-11H2,1H3,(H,26,32)/t16-/m0/s1. The number of aromatic nitrogens is 1. The molecule has 3 heterocycles. The van der Waals surface area contributed by atoms with E-state index in [9.17, 15) is 23.9 Å². The van der Waals surface area contributed by atoms with E-state index >= 15 is 0 Å². The van der Waals surface area contributed by atoms with Crippen LogP contribution in [-0.4, -0.2) is 45.8 Å². The summed E-state index contributed by atoms with van der Waals surface area (Å²) in [5.74, 6) is -2.54. The summed E-state index contributed by atoms with van der Waals surface area (Å²) < 4.78 is 16.1. The Bertz CT molecular complexity index is 1230. The zero-order valence-corrected chi connectivity index (χ0v) is 18.9. The van der Waals surface area contributed by atoms with Crippen LogP contribution in [-0.2, 0) is 5.54 Å². The summed E-state index contributed by atoms with van der Waals surface area (Å²) in [7, 11) is 0. The zero-order valence-electron chi connectivity index (χ0n) is 18.1. The monoisotopic (exact) mass is 474 g/mol. The van der Waals surface area contributed by atoms with Gasteiger partial charge in [-0.25, -0.2) is 4.39 Å². The van der Waals surface area contributed by atoms with E-state index in [0.29, 0.717) is 25.9 Å². The molecule has 2 N–H and O–H groups in total. The second kappa shape index (κ2) is 7.76. The van der Waals surface area contributed by atoms with Gasteiger partial charge in [-0.3, -0.25) is 24.1 Å². The van der Waals surface area contributed by atoms with Crippen LogP contribution in [0, 0.1) is 5.82 Å². The number of amides is 2. The molecule has 0 unspecified atom stereocenters. The lowest BCUT2D eigenvalue weighted by molar-refractivity contribution is 0.0534. The Morgan fingerprint density at radius 3 is 2.76 bits per heavy atom. The SMILES string of the molecule is CCN1C(=O)c2c(O)c(=O)c(C(=O)NC3(c4cccc(Cl)c4F)CC3)cn2N2CCCC[C@@H]12. The molecule has 0 bridgehead atoms. The maximum Gasteiger partial charge on any atom is 0.278 e. The van der Waals surface area contributed by atoms with Crippen LogP contribution in [0.25, 0.3) is 0 Å². The molecule has 1 aromatic carbocycles. The van der Waals surface area contributed by atoms with Crippen molar-refractivity contribution in [3.63, 3.8) is 0 Å². The lowest BCUT2D eigenvalue weighted by Crippen LogP contribution is -2.63. The number of fused-ring (bicyclic) bond motifs is 3. The van der Waals surface area contributed by atoms with Crippen molar-refractivity contribution in [2.75, 3.05) is 18.1 Å². The van der Waals surface area contributed by atoms with Gasteiger partial charge in [-0.15, -0.1) is 0 Å². The van der Waals surface area contributed by atoms with E-state index in [2.05, 4.69) is 5.32 Å². The number of carbonyl (C=O) groups excluding carboxylic acids is 2. The number of nitrogens with one attached hydrogen (secondary N) is 1. The topological polar surface area (TPSA) is 94.9 Å². The first-order valence-corrected chi connectivity index (χ1v) is 11.5. The predicted octanol–water partition coefficient (Wildman–Crippen LogP) is 2.69. The highest BCUT2D eigenvalue weighted by atomic mass is 35.5. The van der Waals surface area contributed by atoms with E-state index in [4.69, 9.17) is 11.6 Å². The average molecular weight is 475 g/mol. The number of nitrogens with zero attached hydrogens (tertiary/aromatic N) is 3. The molecule has 2 fully saturated rings. The van der Waals surface area contributed by atoms with E-state index in [1.807, 2.05) is 11.9 Å². The summed E-state index contributed by atoms with van der Waals surface area (Å²) in [5.41, 5.74) is -2.07. The van der Waals surface area contributed by atoms with Crippen LogP contribution in [0.3, 0.4) is 0 Å². The van der Waals surface area contributed by atoms with E-state index in [1.165, 1.54) is 16.9 Å². The van der Waals surface area contributed by atoms with Crippen LogP contribution < -0.4 is 15.8 Å². The average Bonchev–Trinajstić information content (AvgIpc) is 3.58. The molecule has 1 atom stereocenters. The van der Waals surface area contributed by atoms with E-state index in [1.54, 1.807) is 17.0 Å². The number of hydrogen-bond donors (Lipinski definition) is 2. The Labute approximate surface area is 194 Å². The number of halogens is 2. The zero-order chi connectivity index (χ0) is 23.5. The summed E-state index contributed by atoms with van der Waals surface area (Å²) in [6.07, 6.45) is 4.68. The maximum atomic E-state index is 14.6. The van der Waals surface area contributed by atoms with Gasteiger partial charge < -0.3 is 15.3 Å². The Morgan fingerprint density at radius 2 is 2.06 bits per heavy atom. The molecular weight excluding hydrogens is 451 g/mol. The van der Waals surface area contributed by atoms with Crippen molar-refractivity contribution in [1.82, 2.24) is 14.9 Å². The van der Waals surface area contributed by atoms with Gasteiger partial charge in [0.2, 0.25) is 5.43 Å². The molecule has 5 rings (SSSR count). The fraction of sp³-hybridized carbons (Fsp3) is 0.435. The fourth-order valence-corrected chi connectivity index (χ4v) is 5.16. The maximum absolute atomic E-state index is 14.6. The van der Waals surface area contributed by atoms with Gasteiger partial charge in [0, 0.05) is 24.8 Å². The molecular formula is C23H24ClFN4O4. The molecule has 174 valence electrons. The predicted molar refractivity (Wildman–Crippen MR) is 120 cm³/mol. The number of pyridine rings is 1. The van der Waals surface area contributed by atoms with E-state index in [-0.39, 0.29) is 28.0 Å². The summed E-state index contributed by atoms with van der Waals surface area (Å²) in [6, 6.07) is 4.59. The first-order chi connectivity index (χ1) is 15.8. The van der Waals surface area contributed by atoms with Gasteiger partial charge in [0.1, 0.15) is 17.5 Å². The third kappa shape index (κ3) is 3.28. The number of piperidine rings is 1. The normalized spacial score (nSPS) is 20.8. The Morgan fingerprint density at radius 1 is 1.30 bits per heavy atom. The van der Waals surface area contributed by atoms with Gasteiger partial charge in [-0.2, -0.15) is 0 Å². The Kier molecular flexibility index (Phi) is 5.12. The molecule has 8 nitrogen and oxygen atoms in total. The van der Waals surface area contributed by atoms with E-state index in [0.717, 1.165) is 19.3 Å². The van der Waals surface area contributed by atoms with Gasteiger partial charge in [-0.1, -0.05) is 23.7 Å². The summed E-state index contributed by atoms with van der Waals surface area (Å²) >= 11 is 5.91. The van der Waals surface area contributed by atoms with Gasteiger partial charge in [-0.05, 0) is 45.1 Å². The quantitative estimate of drug-likeness (QED) is 0.710. The lowest BCUT2D eigenvalue weighted by Gasteiger charge is -2.48. The fourth-order valence-electron chi connectivity index (χ4n) is 4.99. The second-order valence-electron chi connectivity index (χ2n) is 8.78. The Hall–Kier alpha value is -3.07. The van der Waals surface area contributed by atoms with Crippen LogP contribution in [0.15, 0.2) is 29.2 Å². The van der Waals surface area contributed by atoms with Crippen molar-refractivity contribution >= 4 is 23.4 Å². The molecule has 1 saturated carbocycles. The van der Waals surface area contributed by atoms with Crippen molar-refractivity contribution < 1.29 is 19.1 Å². The summed E-state index contributed by atoms with van der Waals surface area (Å²) in [5, 5.41) is 15.3. The molecule has 10 heteroatoms. The number of aromatic hydroxyl groups is 1. The second-order valence-corrected chi connectivity index (χ2v) is 9.19. The highest BCUT2D eigenvalue weighted by molar-refractivity contribution is 6.30. The van der Waals surface area contributed by atoms with Gasteiger partial charge in [0.25, 0.3) is 11.8 Å². The van der Waals surface area contributed by atoms with Crippen LogP contribution in [0.4, 0.5) is 4.39 Å². The van der Waals surface area contributed by atoms with Crippen molar-refractivity contribution in [3.8, 4) is 5.75 Å².